The molecule has 0 aliphatic carbocycles. The highest BCUT2D eigenvalue weighted by molar-refractivity contribution is 5.77. The molecule has 0 aromatic carbocycles. The zero-order chi connectivity index (χ0) is 66.8. The lowest BCUT2D eigenvalue weighted by molar-refractivity contribution is -0.386. The van der Waals surface area contributed by atoms with Crippen LogP contribution in [0.15, 0.2) is 12.2 Å². The van der Waals surface area contributed by atoms with E-state index >= 15 is 0 Å². The topological polar surface area (TPSA) is 373 Å². The number of carboxylic acid groups (broad SMARTS) is 1. The van der Waals surface area contributed by atoms with Gasteiger partial charge in [-0.05, 0) is 38.5 Å². The molecular formula is C68H126N2O21. The third-order valence-corrected chi connectivity index (χ3v) is 18.2. The molecule has 534 valence electrons. The SMILES string of the molecule is CCCCCCCCCCCCCC/C=C\CCCCCCCCCCC(=O)NC(COC1OC(CO)C(OC2OC(CO)C(O)C(OC3(C(=O)O)CC(O)C(NC(C)=O)C(C(O)C(O)CO)O3)C2O)C(O)C1O)C(O)CCCCCCCCCCCCCCC. The van der Waals surface area contributed by atoms with Gasteiger partial charge in [-0.25, -0.2) is 4.79 Å². The first-order valence-electron chi connectivity index (χ1n) is 35.5. The van der Waals surface area contributed by atoms with Crippen LogP contribution in [-0.2, 0) is 42.8 Å². The van der Waals surface area contributed by atoms with Gasteiger partial charge in [-0.15, -0.1) is 0 Å². The second-order valence-corrected chi connectivity index (χ2v) is 26.1. The first kappa shape index (κ1) is 82.7. The highest BCUT2D eigenvalue weighted by Gasteiger charge is 2.60. The van der Waals surface area contributed by atoms with Crippen molar-refractivity contribution in [2.45, 2.75) is 375 Å². The summed E-state index contributed by atoms with van der Waals surface area (Å²) in [5.41, 5.74) is 0. The lowest BCUT2D eigenvalue weighted by Gasteiger charge is -2.50. The number of hydrogen-bond donors (Lipinski definition) is 14. The van der Waals surface area contributed by atoms with E-state index in [2.05, 4.69) is 36.6 Å². The summed E-state index contributed by atoms with van der Waals surface area (Å²) in [5.74, 6) is -6.10. The summed E-state index contributed by atoms with van der Waals surface area (Å²) in [6, 6.07) is -2.53. The second kappa shape index (κ2) is 49.1. The molecule has 18 atom stereocenters. The Morgan fingerprint density at radius 2 is 1.02 bits per heavy atom. The normalized spacial score (nSPS) is 28.4. The number of carboxylic acids is 1. The van der Waals surface area contributed by atoms with Crippen molar-refractivity contribution in [3.05, 3.63) is 12.2 Å². The summed E-state index contributed by atoms with van der Waals surface area (Å²) in [7, 11) is 0. The summed E-state index contributed by atoms with van der Waals surface area (Å²) in [5, 5.41) is 136. The summed E-state index contributed by atoms with van der Waals surface area (Å²) >= 11 is 0. The number of aliphatic hydroxyl groups is 11. The third-order valence-electron chi connectivity index (χ3n) is 18.2. The van der Waals surface area contributed by atoms with Crippen molar-refractivity contribution in [2.24, 2.45) is 0 Å². The predicted molar refractivity (Wildman–Crippen MR) is 343 cm³/mol. The van der Waals surface area contributed by atoms with Crippen LogP contribution in [0, 0.1) is 0 Å². The molecule has 3 rings (SSSR count). The minimum Gasteiger partial charge on any atom is -0.477 e. The van der Waals surface area contributed by atoms with E-state index in [1.807, 2.05) is 0 Å². The van der Waals surface area contributed by atoms with Crippen LogP contribution in [0.25, 0.3) is 0 Å². The molecule has 0 spiro atoms. The first-order valence-corrected chi connectivity index (χ1v) is 35.5. The molecule has 0 bridgehead atoms. The van der Waals surface area contributed by atoms with Crippen LogP contribution in [0.5, 0.6) is 0 Å². The molecule has 23 nitrogen and oxygen atoms in total. The number of nitrogens with one attached hydrogen (secondary N) is 2. The number of unbranched alkanes of at least 4 members (excludes halogenated alkanes) is 32. The fraction of sp³-hybridized carbons (Fsp3) is 0.926. The van der Waals surface area contributed by atoms with Gasteiger partial charge >= 0.3 is 5.97 Å². The Morgan fingerprint density at radius 3 is 1.48 bits per heavy atom. The van der Waals surface area contributed by atoms with E-state index in [0.29, 0.717) is 19.3 Å². The monoisotopic (exact) mass is 1310 g/mol. The van der Waals surface area contributed by atoms with Crippen molar-refractivity contribution < 1.29 is 104 Å². The smallest absolute Gasteiger partial charge is 0.364 e. The molecule has 2 amide bonds. The second-order valence-electron chi connectivity index (χ2n) is 26.1. The molecule has 3 aliphatic rings. The number of ether oxygens (including phenoxy) is 6. The van der Waals surface area contributed by atoms with E-state index in [0.717, 1.165) is 64.7 Å². The van der Waals surface area contributed by atoms with Gasteiger partial charge in [0.1, 0.15) is 67.1 Å². The number of amides is 2. The molecule has 0 aromatic rings. The molecule has 3 aliphatic heterocycles. The molecule has 3 fully saturated rings. The number of aliphatic hydroxyl groups excluding tert-OH is 11. The van der Waals surface area contributed by atoms with Crippen molar-refractivity contribution in [1.82, 2.24) is 10.6 Å². The standard InChI is InChI=1S/C68H126N2O21/c1-4-6-8-10-12-14-16-18-19-20-21-22-23-24-25-26-27-28-30-32-34-36-38-40-42-55(78)70-49(50(75)41-39-37-35-33-31-29-17-15-13-11-9-7-5-2)47-86-65-60(82)59(81)62(54(46-73)88-65)89-66-61(83)64(58(80)53(45-72)87-66)91-68(67(84)85)43-51(76)56(69-48(3)74)63(90-68)57(79)52(77)44-71/h24-25,49-54,56-66,71-73,75-77,79-83H,4-23,26-47H2,1-3H3,(H,69,74)(H,70,78)(H,84,85)/b25-24-. The largest absolute Gasteiger partial charge is 0.477 e. The van der Waals surface area contributed by atoms with Gasteiger partial charge in [0, 0.05) is 19.8 Å². The summed E-state index contributed by atoms with van der Waals surface area (Å²) < 4.78 is 34.8. The van der Waals surface area contributed by atoms with E-state index in [9.17, 15) is 75.7 Å². The number of rotatable bonds is 54. The van der Waals surface area contributed by atoms with E-state index in [-0.39, 0.29) is 18.9 Å². The maximum atomic E-state index is 13.5. The Morgan fingerprint density at radius 1 is 0.560 bits per heavy atom. The van der Waals surface area contributed by atoms with Crippen LogP contribution >= 0.6 is 0 Å². The van der Waals surface area contributed by atoms with E-state index < -0.39 is 148 Å². The van der Waals surface area contributed by atoms with E-state index in [4.69, 9.17) is 28.4 Å². The van der Waals surface area contributed by atoms with Gasteiger partial charge in [-0.3, -0.25) is 9.59 Å². The zero-order valence-electron chi connectivity index (χ0n) is 55.7. The Hall–Kier alpha value is -2.53. The zero-order valence-corrected chi connectivity index (χ0v) is 55.7. The van der Waals surface area contributed by atoms with Crippen molar-refractivity contribution in [1.29, 1.82) is 0 Å². The van der Waals surface area contributed by atoms with Crippen LogP contribution in [0.4, 0.5) is 0 Å². The quantitative estimate of drug-likeness (QED) is 0.0223. The highest BCUT2D eigenvalue weighted by atomic mass is 16.8. The van der Waals surface area contributed by atoms with Gasteiger partial charge in [0.05, 0.1) is 50.7 Å². The number of carbonyl (C=O) groups excluding carboxylic acids is 2. The molecule has 14 N–H and O–H groups in total. The first-order chi connectivity index (χ1) is 43.9. The summed E-state index contributed by atoms with van der Waals surface area (Å²) in [6.45, 7) is 2.21. The van der Waals surface area contributed by atoms with E-state index in [1.54, 1.807) is 0 Å². The van der Waals surface area contributed by atoms with Gasteiger partial charge in [0.25, 0.3) is 5.79 Å². The number of carbonyl (C=O) groups is 3. The van der Waals surface area contributed by atoms with E-state index in [1.165, 1.54) is 154 Å². The maximum absolute atomic E-state index is 13.5. The number of aliphatic carboxylic acids is 1. The average Bonchev–Trinajstić information content (AvgIpc) is 0.787. The predicted octanol–water partition coefficient (Wildman–Crippen LogP) is 6.68. The average molecular weight is 1310 g/mol. The minimum absolute atomic E-state index is 0.222. The van der Waals surface area contributed by atoms with Gasteiger partial charge in [-0.2, -0.15) is 0 Å². The Balaban J connectivity index is 1.55. The summed E-state index contributed by atoms with van der Waals surface area (Å²) in [6.07, 6.45) is 17.9. The molecule has 18 unspecified atom stereocenters. The molecule has 3 saturated heterocycles. The molecular weight excluding hydrogens is 1180 g/mol. The fourth-order valence-corrected chi connectivity index (χ4v) is 12.5. The Labute approximate surface area is 543 Å². The molecule has 0 radical (unpaired) electrons. The highest BCUT2D eigenvalue weighted by Crippen LogP contribution is 2.39. The van der Waals surface area contributed by atoms with Crippen LogP contribution in [0.3, 0.4) is 0 Å². The van der Waals surface area contributed by atoms with Crippen LogP contribution < -0.4 is 10.6 Å². The van der Waals surface area contributed by atoms with Crippen molar-refractivity contribution in [2.75, 3.05) is 26.4 Å². The molecule has 91 heavy (non-hydrogen) atoms. The fourth-order valence-electron chi connectivity index (χ4n) is 12.5. The molecule has 23 heteroatoms. The Kier molecular flexibility index (Phi) is 44.6. The number of allylic oxidation sites excluding steroid dienone is 2. The van der Waals surface area contributed by atoms with Crippen LogP contribution in [0.1, 0.15) is 265 Å². The Bertz CT molecular complexity index is 1890. The summed E-state index contributed by atoms with van der Waals surface area (Å²) in [4.78, 5) is 38.5. The number of hydrogen-bond acceptors (Lipinski definition) is 20. The minimum atomic E-state index is -3.08. The van der Waals surface area contributed by atoms with Gasteiger partial charge in [-0.1, -0.05) is 219 Å². The van der Waals surface area contributed by atoms with Gasteiger partial charge < -0.3 is 100 Å². The van der Waals surface area contributed by atoms with Crippen LogP contribution in [0.2, 0.25) is 0 Å². The van der Waals surface area contributed by atoms with Gasteiger partial charge in [0.15, 0.2) is 12.6 Å². The van der Waals surface area contributed by atoms with Crippen molar-refractivity contribution >= 4 is 17.8 Å². The van der Waals surface area contributed by atoms with Crippen molar-refractivity contribution in [3.8, 4) is 0 Å². The molecule has 3 heterocycles. The molecule has 0 saturated carbocycles. The van der Waals surface area contributed by atoms with Crippen molar-refractivity contribution in [3.63, 3.8) is 0 Å². The van der Waals surface area contributed by atoms with Gasteiger partial charge in [0.2, 0.25) is 11.8 Å². The lowest BCUT2D eigenvalue weighted by Crippen LogP contribution is -2.70. The third kappa shape index (κ3) is 31.5. The molecule has 0 aromatic heterocycles. The maximum Gasteiger partial charge on any atom is 0.364 e. The lowest BCUT2D eigenvalue weighted by atomic mass is 9.88. The van der Waals surface area contributed by atoms with Crippen LogP contribution in [-0.4, -0.2) is 215 Å².